The first kappa shape index (κ1) is 24.4. The van der Waals surface area contributed by atoms with Crippen molar-refractivity contribution in [1.29, 1.82) is 0 Å². The second-order valence-corrected chi connectivity index (χ2v) is 9.69. The fraction of sp³-hybridized carbons (Fsp3) is 0.148. The molecule has 1 atom stereocenters. The molecule has 0 radical (unpaired) electrons. The van der Waals surface area contributed by atoms with Crippen molar-refractivity contribution >= 4 is 44.1 Å². The number of benzene rings is 3. The molecule has 0 saturated carbocycles. The first-order chi connectivity index (χ1) is 17.6. The summed E-state index contributed by atoms with van der Waals surface area (Å²) in [4.78, 5) is 31.8. The van der Waals surface area contributed by atoms with Gasteiger partial charge in [0.25, 0.3) is 5.78 Å². The number of phenolic OH excluding ortho intramolecular Hbond substituents is 1. The van der Waals surface area contributed by atoms with E-state index >= 15 is 0 Å². The minimum Gasteiger partial charge on any atom is -0.508 e. The molecule has 5 rings (SSSR count). The van der Waals surface area contributed by atoms with Crippen molar-refractivity contribution in [2.45, 2.75) is 26.0 Å². The standard InChI is InChI=1S/C27H20F2N2O5S/c1-13(2)36-18-9-5-15(6-10-18)24(33)21-23(14-3-7-17(32)8-4-14)31(26(35)25(21)34)27-30-22-19(29)11-16(28)12-20(22)37-27/h3-13,23,32-33H,1-2H3/b24-21+. The Morgan fingerprint density at radius 3 is 2.38 bits per heavy atom. The van der Waals surface area contributed by atoms with Gasteiger partial charge in [-0.25, -0.2) is 13.8 Å². The molecule has 4 aromatic rings. The maximum Gasteiger partial charge on any atom is 0.301 e. The molecule has 10 heteroatoms. The molecule has 2 N–H and O–H groups in total. The highest BCUT2D eigenvalue weighted by atomic mass is 32.1. The van der Waals surface area contributed by atoms with E-state index in [1.807, 2.05) is 13.8 Å². The summed E-state index contributed by atoms with van der Waals surface area (Å²) in [6.07, 6.45) is -0.0635. The molecule has 1 saturated heterocycles. The third kappa shape index (κ3) is 4.40. The number of Topliss-reactive ketones (excluding diaryl/α,β-unsaturated/α-hetero) is 1. The van der Waals surface area contributed by atoms with Crippen molar-refractivity contribution < 1.29 is 33.3 Å². The van der Waals surface area contributed by atoms with Gasteiger partial charge < -0.3 is 14.9 Å². The molecule has 1 aliphatic heterocycles. The van der Waals surface area contributed by atoms with Gasteiger partial charge in [-0.15, -0.1) is 0 Å². The number of aliphatic hydroxyl groups excluding tert-OH is 1. The van der Waals surface area contributed by atoms with Crippen LogP contribution in [0.15, 0.2) is 66.2 Å². The van der Waals surface area contributed by atoms with Crippen LogP contribution in [-0.2, 0) is 9.59 Å². The average molecular weight is 523 g/mol. The quantitative estimate of drug-likeness (QED) is 0.198. The largest absolute Gasteiger partial charge is 0.508 e. The number of nitrogens with zero attached hydrogens (tertiary/aromatic N) is 2. The van der Waals surface area contributed by atoms with Gasteiger partial charge in [0, 0.05) is 11.6 Å². The summed E-state index contributed by atoms with van der Waals surface area (Å²) in [6, 6.07) is 12.8. The highest BCUT2D eigenvalue weighted by molar-refractivity contribution is 7.22. The van der Waals surface area contributed by atoms with Crippen molar-refractivity contribution in [2.75, 3.05) is 4.90 Å². The number of amides is 1. The number of thiazole rings is 1. The van der Waals surface area contributed by atoms with Crippen molar-refractivity contribution in [3.05, 3.63) is 89.0 Å². The highest BCUT2D eigenvalue weighted by Gasteiger charge is 2.48. The van der Waals surface area contributed by atoms with Gasteiger partial charge in [-0.1, -0.05) is 23.5 Å². The SMILES string of the molecule is CC(C)Oc1ccc(/C(O)=C2\C(=O)C(=O)N(c3nc4c(F)cc(F)cc4s3)C2c2ccc(O)cc2)cc1. The number of carbonyl (C=O) groups excluding carboxylic acids is 2. The Kier molecular flexibility index (Phi) is 6.12. The zero-order chi connectivity index (χ0) is 26.4. The molecular weight excluding hydrogens is 502 g/mol. The summed E-state index contributed by atoms with van der Waals surface area (Å²) in [7, 11) is 0. The molecule has 3 aromatic carbocycles. The Bertz CT molecular complexity index is 1560. The summed E-state index contributed by atoms with van der Waals surface area (Å²) < 4.78 is 33.9. The van der Waals surface area contributed by atoms with E-state index in [0.717, 1.165) is 22.3 Å². The number of ketones is 1. The van der Waals surface area contributed by atoms with E-state index < -0.39 is 35.1 Å². The number of halogens is 2. The van der Waals surface area contributed by atoms with E-state index in [2.05, 4.69) is 4.98 Å². The van der Waals surface area contributed by atoms with Crippen LogP contribution >= 0.6 is 11.3 Å². The smallest absolute Gasteiger partial charge is 0.301 e. The lowest BCUT2D eigenvalue weighted by molar-refractivity contribution is -0.132. The number of fused-ring (bicyclic) bond motifs is 1. The molecule has 37 heavy (non-hydrogen) atoms. The Hall–Kier alpha value is -4.31. The average Bonchev–Trinajstić information content (AvgIpc) is 3.38. The number of anilines is 1. The van der Waals surface area contributed by atoms with Crippen molar-refractivity contribution in [1.82, 2.24) is 4.98 Å². The van der Waals surface area contributed by atoms with Crippen LogP contribution < -0.4 is 9.64 Å². The number of rotatable bonds is 5. The number of aromatic nitrogens is 1. The first-order valence-corrected chi connectivity index (χ1v) is 12.1. The van der Waals surface area contributed by atoms with Crippen LogP contribution in [0, 0.1) is 11.6 Å². The Labute approximate surface area is 213 Å². The number of aliphatic hydroxyl groups is 1. The van der Waals surface area contributed by atoms with Crippen LogP contribution in [0.1, 0.15) is 31.0 Å². The molecule has 0 aliphatic carbocycles. The van der Waals surface area contributed by atoms with E-state index in [9.17, 15) is 28.6 Å². The number of hydrogen-bond acceptors (Lipinski definition) is 7. The van der Waals surface area contributed by atoms with Crippen LogP contribution in [-0.4, -0.2) is 33.0 Å². The second kappa shape index (κ2) is 9.29. The molecule has 1 unspecified atom stereocenters. The number of aromatic hydroxyl groups is 1. The van der Waals surface area contributed by atoms with Crippen molar-refractivity contribution in [3.63, 3.8) is 0 Å². The fourth-order valence-corrected chi connectivity index (χ4v) is 5.20. The van der Waals surface area contributed by atoms with Crippen molar-refractivity contribution in [3.8, 4) is 11.5 Å². The molecule has 188 valence electrons. The predicted molar refractivity (Wildman–Crippen MR) is 135 cm³/mol. The van der Waals surface area contributed by atoms with Gasteiger partial charge in [0.15, 0.2) is 10.9 Å². The zero-order valence-corrected chi connectivity index (χ0v) is 20.4. The molecule has 1 aromatic heterocycles. The maximum atomic E-state index is 14.4. The second-order valence-electron chi connectivity index (χ2n) is 8.68. The van der Waals surface area contributed by atoms with Crippen LogP contribution in [0.3, 0.4) is 0 Å². The molecule has 0 bridgehead atoms. The normalized spacial score (nSPS) is 17.2. The summed E-state index contributed by atoms with van der Waals surface area (Å²) in [5, 5.41) is 20.9. The predicted octanol–water partition coefficient (Wildman–Crippen LogP) is 5.69. The third-order valence-corrected chi connectivity index (χ3v) is 6.76. The lowest BCUT2D eigenvalue weighted by Crippen LogP contribution is -2.29. The molecule has 7 nitrogen and oxygen atoms in total. The summed E-state index contributed by atoms with van der Waals surface area (Å²) in [5.41, 5.74) is 0.312. The van der Waals surface area contributed by atoms with Gasteiger partial charge in [-0.05, 0) is 61.9 Å². The third-order valence-electron chi connectivity index (χ3n) is 5.76. The van der Waals surface area contributed by atoms with Gasteiger partial charge in [-0.3, -0.25) is 14.5 Å². The van der Waals surface area contributed by atoms with E-state index in [1.54, 1.807) is 24.3 Å². The van der Waals surface area contributed by atoms with Crippen LogP contribution in [0.25, 0.3) is 16.0 Å². The number of hydrogen-bond donors (Lipinski definition) is 2. The maximum absolute atomic E-state index is 14.4. The van der Waals surface area contributed by atoms with Gasteiger partial charge in [0.2, 0.25) is 0 Å². The zero-order valence-electron chi connectivity index (χ0n) is 19.6. The van der Waals surface area contributed by atoms with E-state index in [4.69, 9.17) is 4.74 Å². The highest BCUT2D eigenvalue weighted by Crippen LogP contribution is 2.45. The Balaban J connectivity index is 1.67. The van der Waals surface area contributed by atoms with Gasteiger partial charge in [-0.2, -0.15) is 0 Å². The molecule has 1 amide bonds. The van der Waals surface area contributed by atoms with E-state index in [-0.39, 0.29) is 38.3 Å². The Morgan fingerprint density at radius 2 is 1.73 bits per heavy atom. The molecule has 0 spiro atoms. The van der Waals surface area contributed by atoms with Crippen LogP contribution in [0.2, 0.25) is 0 Å². The lowest BCUT2D eigenvalue weighted by atomic mass is 9.95. The lowest BCUT2D eigenvalue weighted by Gasteiger charge is -2.23. The minimum atomic E-state index is -1.14. The number of phenols is 1. The van der Waals surface area contributed by atoms with Gasteiger partial charge >= 0.3 is 5.91 Å². The summed E-state index contributed by atoms with van der Waals surface area (Å²) in [5.74, 6) is -3.57. The number of ether oxygens (including phenoxy) is 1. The molecule has 1 fully saturated rings. The molecule has 2 heterocycles. The topological polar surface area (TPSA) is 100.0 Å². The first-order valence-electron chi connectivity index (χ1n) is 11.3. The minimum absolute atomic E-state index is 0.0422. The monoisotopic (exact) mass is 522 g/mol. The summed E-state index contributed by atoms with van der Waals surface area (Å²) >= 11 is 0.839. The Morgan fingerprint density at radius 1 is 1.05 bits per heavy atom. The van der Waals surface area contributed by atoms with Crippen molar-refractivity contribution in [2.24, 2.45) is 0 Å². The summed E-state index contributed by atoms with van der Waals surface area (Å²) in [6.45, 7) is 3.74. The van der Waals surface area contributed by atoms with Crippen LogP contribution in [0.5, 0.6) is 11.5 Å². The number of carbonyl (C=O) groups is 2. The molecule has 1 aliphatic rings. The van der Waals surface area contributed by atoms with Gasteiger partial charge in [0.05, 0.1) is 22.4 Å². The van der Waals surface area contributed by atoms with E-state index in [0.29, 0.717) is 17.4 Å². The van der Waals surface area contributed by atoms with E-state index in [1.165, 1.54) is 24.3 Å². The fourth-order valence-electron chi connectivity index (χ4n) is 4.17. The molecular formula is C27H20F2N2O5S. The van der Waals surface area contributed by atoms with Gasteiger partial charge in [0.1, 0.15) is 28.6 Å². The van der Waals surface area contributed by atoms with Crippen LogP contribution in [0.4, 0.5) is 13.9 Å².